The number of nitrogens with zero attached hydrogens (tertiary/aromatic N) is 2. The molecule has 1 saturated heterocycles. The van der Waals surface area contributed by atoms with Crippen molar-refractivity contribution in [1.82, 2.24) is 14.5 Å². The fraction of sp³-hybridized carbons (Fsp3) is 1.00. The lowest BCUT2D eigenvalue weighted by atomic mass is 10.0. The van der Waals surface area contributed by atoms with Crippen molar-refractivity contribution in [1.29, 1.82) is 0 Å². The normalized spacial score (nSPS) is 21.4. The molecule has 6 heteroatoms. The van der Waals surface area contributed by atoms with Crippen molar-refractivity contribution < 1.29 is 8.42 Å². The van der Waals surface area contributed by atoms with Crippen LogP contribution in [0.25, 0.3) is 0 Å². The Balaban J connectivity index is 2.43. The zero-order valence-corrected chi connectivity index (χ0v) is 12.8. The number of piperazine rings is 1. The molecule has 1 unspecified atom stereocenters. The lowest BCUT2D eigenvalue weighted by molar-refractivity contribution is 0.161. The molecule has 1 rings (SSSR count). The lowest BCUT2D eigenvalue weighted by Gasteiger charge is -2.36. The summed E-state index contributed by atoms with van der Waals surface area (Å²) in [5.41, 5.74) is 0. The highest BCUT2D eigenvalue weighted by Gasteiger charge is 2.25. The van der Waals surface area contributed by atoms with E-state index >= 15 is 0 Å². The van der Waals surface area contributed by atoms with Crippen LogP contribution < -0.4 is 5.32 Å². The van der Waals surface area contributed by atoms with Crippen LogP contribution in [0.1, 0.15) is 20.8 Å². The zero-order chi connectivity index (χ0) is 13.8. The molecule has 1 aliphatic rings. The Morgan fingerprint density at radius 1 is 1.17 bits per heavy atom. The molecular formula is C12H27N3O2S. The lowest BCUT2D eigenvalue weighted by Crippen LogP contribution is -2.52. The average Bonchev–Trinajstić information content (AvgIpc) is 2.28. The van der Waals surface area contributed by atoms with E-state index in [2.05, 4.69) is 31.0 Å². The number of likely N-dealkylation sites (N-methyl/N-ethyl adjacent to an activating group) is 1. The van der Waals surface area contributed by atoms with E-state index in [1.165, 1.54) is 6.26 Å². The maximum atomic E-state index is 11.4. The largest absolute Gasteiger partial charge is 0.313 e. The number of nitrogens with one attached hydrogen (secondary N) is 1. The van der Waals surface area contributed by atoms with Crippen LogP contribution in [0.2, 0.25) is 0 Å². The molecule has 1 heterocycles. The van der Waals surface area contributed by atoms with E-state index in [0.717, 1.165) is 26.2 Å². The Hall–Kier alpha value is -0.170. The minimum absolute atomic E-state index is 0.486. The average molecular weight is 277 g/mol. The second-order valence-electron chi connectivity index (χ2n) is 5.37. The molecule has 0 aromatic carbocycles. The Morgan fingerprint density at radius 3 is 2.11 bits per heavy atom. The number of hydrogen-bond donors (Lipinski definition) is 1. The van der Waals surface area contributed by atoms with Crippen LogP contribution in [-0.2, 0) is 10.0 Å². The summed E-state index contributed by atoms with van der Waals surface area (Å²) in [5.74, 6) is 0.595. The third-order valence-corrected chi connectivity index (χ3v) is 4.83. The van der Waals surface area contributed by atoms with Gasteiger partial charge in [0.25, 0.3) is 0 Å². The van der Waals surface area contributed by atoms with E-state index < -0.39 is 10.0 Å². The van der Waals surface area contributed by atoms with Crippen molar-refractivity contribution in [3.63, 3.8) is 0 Å². The van der Waals surface area contributed by atoms with Crippen LogP contribution >= 0.6 is 0 Å². The van der Waals surface area contributed by atoms with E-state index in [4.69, 9.17) is 0 Å². The summed E-state index contributed by atoms with van der Waals surface area (Å²) in [7, 11) is -3.01. The molecule has 5 nitrogen and oxygen atoms in total. The van der Waals surface area contributed by atoms with Crippen LogP contribution in [0.4, 0.5) is 0 Å². The van der Waals surface area contributed by atoms with Gasteiger partial charge >= 0.3 is 0 Å². The first kappa shape index (κ1) is 15.9. The minimum atomic E-state index is -3.01. The molecule has 1 fully saturated rings. The first-order chi connectivity index (χ1) is 8.34. The standard InChI is InChI=1S/C12H27N3O2S/c1-5-13-12(11(2)3)10-14-6-8-15(9-7-14)18(4,16)17/h11-13H,5-10H2,1-4H3. The summed E-state index contributed by atoms with van der Waals surface area (Å²) >= 11 is 0. The Kier molecular flexibility index (Phi) is 6.04. The summed E-state index contributed by atoms with van der Waals surface area (Å²) in [5, 5.41) is 3.50. The van der Waals surface area contributed by atoms with Gasteiger partial charge in [-0.2, -0.15) is 4.31 Å². The summed E-state index contributed by atoms with van der Waals surface area (Å²) in [6.07, 6.45) is 1.29. The second-order valence-corrected chi connectivity index (χ2v) is 7.35. The van der Waals surface area contributed by atoms with Crippen molar-refractivity contribution in [2.75, 3.05) is 45.5 Å². The summed E-state index contributed by atoms with van der Waals surface area (Å²) in [4.78, 5) is 2.36. The number of hydrogen-bond acceptors (Lipinski definition) is 4. The van der Waals surface area contributed by atoms with E-state index in [1.54, 1.807) is 4.31 Å². The van der Waals surface area contributed by atoms with Crippen LogP contribution in [0.3, 0.4) is 0 Å². The molecule has 108 valence electrons. The molecule has 18 heavy (non-hydrogen) atoms. The Bertz CT molecular complexity index is 335. The maximum absolute atomic E-state index is 11.4. The van der Waals surface area contributed by atoms with Crippen molar-refractivity contribution in [3.8, 4) is 0 Å². The topological polar surface area (TPSA) is 52.6 Å². The van der Waals surface area contributed by atoms with Gasteiger partial charge in [0.05, 0.1) is 6.26 Å². The fourth-order valence-corrected chi connectivity index (χ4v) is 3.12. The highest BCUT2D eigenvalue weighted by molar-refractivity contribution is 7.88. The second kappa shape index (κ2) is 6.84. The minimum Gasteiger partial charge on any atom is -0.313 e. The molecule has 0 aromatic rings. The van der Waals surface area contributed by atoms with Gasteiger partial charge in [-0.15, -0.1) is 0 Å². The molecule has 1 aliphatic heterocycles. The highest BCUT2D eigenvalue weighted by atomic mass is 32.2. The van der Waals surface area contributed by atoms with Crippen molar-refractivity contribution in [2.45, 2.75) is 26.8 Å². The van der Waals surface area contributed by atoms with Gasteiger partial charge in [-0.25, -0.2) is 8.42 Å². The van der Waals surface area contributed by atoms with E-state index in [9.17, 15) is 8.42 Å². The maximum Gasteiger partial charge on any atom is 0.211 e. The van der Waals surface area contributed by atoms with Gasteiger partial charge in [0, 0.05) is 38.8 Å². The van der Waals surface area contributed by atoms with Gasteiger partial charge in [-0.05, 0) is 12.5 Å². The molecule has 0 aromatic heterocycles. The summed E-state index contributed by atoms with van der Waals surface area (Å²) < 4.78 is 24.4. The Morgan fingerprint density at radius 2 is 1.72 bits per heavy atom. The molecular weight excluding hydrogens is 250 g/mol. The quantitative estimate of drug-likeness (QED) is 0.753. The van der Waals surface area contributed by atoms with Crippen LogP contribution in [0.5, 0.6) is 0 Å². The molecule has 1 atom stereocenters. The molecule has 0 amide bonds. The summed E-state index contributed by atoms with van der Waals surface area (Å²) in [6.45, 7) is 11.5. The van der Waals surface area contributed by atoms with Crippen LogP contribution in [-0.4, -0.2) is 69.2 Å². The SMILES string of the molecule is CCNC(CN1CCN(S(C)(=O)=O)CC1)C(C)C. The molecule has 0 radical (unpaired) electrons. The van der Waals surface area contributed by atoms with Crippen molar-refractivity contribution >= 4 is 10.0 Å². The predicted octanol–water partition coefficient (Wildman–Crippen LogP) is 0.198. The first-order valence-corrected chi connectivity index (χ1v) is 8.60. The Labute approximate surface area is 112 Å². The fourth-order valence-electron chi connectivity index (χ4n) is 2.30. The molecule has 0 saturated carbocycles. The van der Waals surface area contributed by atoms with E-state index in [1.807, 2.05) is 0 Å². The van der Waals surface area contributed by atoms with Gasteiger partial charge < -0.3 is 5.32 Å². The molecule has 0 bridgehead atoms. The first-order valence-electron chi connectivity index (χ1n) is 6.75. The zero-order valence-electron chi connectivity index (χ0n) is 12.0. The highest BCUT2D eigenvalue weighted by Crippen LogP contribution is 2.09. The summed E-state index contributed by atoms with van der Waals surface area (Å²) in [6, 6.07) is 0.486. The van der Waals surface area contributed by atoms with Crippen LogP contribution in [0.15, 0.2) is 0 Å². The van der Waals surface area contributed by atoms with Crippen molar-refractivity contribution in [3.05, 3.63) is 0 Å². The van der Waals surface area contributed by atoms with Gasteiger partial charge in [-0.1, -0.05) is 20.8 Å². The van der Waals surface area contributed by atoms with Gasteiger partial charge in [-0.3, -0.25) is 4.90 Å². The van der Waals surface area contributed by atoms with Crippen LogP contribution in [0, 0.1) is 5.92 Å². The number of sulfonamides is 1. The predicted molar refractivity (Wildman–Crippen MR) is 75.2 cm³/mol. The van der Waals surface area contributed by atoms with Gasteiger partial charge in [0.1, 0.15) is 0 Å². The molecule has 0 spiro atoms. The van der Waals surface area contributed by atoms with Crippen molar-refractivity contribution in [2.24, 2.45) is 5.92 Å². The van der Waals surface area contributed by atoms with E-state index in [0.29, 0.717) is 25.0 Å². The third kappa shape index (κ3) is 4.84. The monoisotopic (exact) mass is 277 g/mol. The smallest absolute Gasteiger partial charge is 0.211 e. The molecule has 0 aliphatic carbocycles. The van der Waals surface area contributed by atoms with Gasteiger partial charge in [0.2, 0.25) is 10.0 Å². The number of rotatable bonds is 6. The van der Waals surface area contributed by atoms with Gasteiger partial charge in [0.15, 0.2) is 0 Å². The van der Waals surface area contributed by atoms with E-state index in [-0.39, 0.29) is 0 Å². The third-order valence-electron chi connectivity index (χ3n) is 3.53. The molecule has 1 N–H and O–H groups in total.